The molecule has 0 radical (unpaired) electrons. The Bertz CT molecular complexity index is 711. The molecule has 0 aliphatic rings. The maximum absolute atomic E-state index is 12.0. The van der Waals surface area contributed by atoms with Gasteiger partial charge in [0, 0.05) is 33.5 Å². The number of carbonyl (C=O) groups excluding carboxylic acids is 1. The van der Waals surface area contributed by atoms with Crippen molar-refractivity contribution in [3.63, 3.8) is 0 Å². The van der Waals surface area contributed by atoms with Crippen LogP contribution in [0.1, 0.15) is 21.1 Å². The number of aromatic nitrogens is 2. The Kier molecular flexibility index (Phi) is 4.14. The number of amides is 1. The molecule has 21 heavy (non-hydrogen) atoms. The molecule has 0 unspecified atom stereocenters. The first kappa shape index (κ1) is 14.9. The van der Waals surface area contributed by atoms with Gasteiger partial charge in [0.25, 0.3) is 5.91 Å². The zero-order valence-corrected chi connectivity index (χ0v) is 12.9. The molecular weight excluding hydrogens is 288 g/mol. The molecule has 2 heterocycles. The van der Waals surface area contributed by atoms with Crippen LogP contribution in [-0.2, 0) is 13.6 Å². The van der Waals surface area contributed by atoms with E-state index in [4.69, 9.17) is 11.0 Å². The second-order valence-electron chi connectivity index (χ2n) is 4.53. The normalized spacial score (nSPS) is 10.2. The maximum Gasteiger partial charge on any atom is 0.256 e. The number of imidazole rings is 1. The van der Waals surface area contributed by atoms with Crippen LogP contribution in [0, 0.1) is 11.3 Å². The van der Waals surface area contributed by atoms with Gasteiger partial charge in [-0.3, -0.25) is 4.79 Å². The van der Waals surface area contributed by atoms with Gasteiger partial charge in [0.1, 0.15) is 21.8 Å². The lowest BCUT2D eigenvalue weighted by Crippen LogP contribution is -2.24. The molecule has 1 amide bonds. The van der Waals surface area contributed by atoms with E-state index in [2.05, 4.69) is 10.3 Å². The molecule has 0 bridgehead atoms. The van der Waals surface area contributed by atoms with Crippen molar-refractivity contribution in [2.45, 2.75) is 6.54 Å². The van der Waals surface area contributed by atoms with Gasteiger partial charge in [-0.25, -0.2) is 4.98 Å². The number of nitrogens with zero attached hydrogens (tertiary/aromatic N) is 4. The minimum atomic E-state index is -0.299. The number of hydrogen-bond acceptors (Lipinski definition) is 6. The number of aryl methyl sites for hydroxylation is 1. The molecule has 7 nitrogen and oxygen atoms in total. The van der Waals surface area contributed by atoms with Gasteiger partial charge in [-0.2, -0.15) is 5.26 Å². The average Bonchev–Trinajstić information content (AvgIpc) is 3.02. The minimum Gasteiger partial charge on any atom is -0.396 e. The molecule has 2 aromatic heterocycles. The summed E-state index contributed by atoms with van der Waals surface area (Å²) in [6.07, 6.45) is 3.57. The van der Waals surface area contributed by atoms with Crippen LogP contribution in [0.3, 0.4) is 0 Å². The van der Waals surface area contributed by atoms with Gasteiger partial charge in [0.15, 0.2) is 0 Å². The molecule has 0 aliphatic carbocycles. The van der Waals surface area contributed by atoms with Crippen molar-refractivity contribution in [2.24, 2.45) is 7.05 Å². The van der Waals surface area contributed by atoms with Crippen LogP contribution < -0.4 is 16.0 Å². The summed E-state index contributed by atoms with van der Waals surface area (Å²) in [5.41, 5.74) is 6.48. The van der Waals surface area contributed by atoms with Gasteiger partial charge in [0.05, 0.1) is 17.8 Å². The van der Waals surface area contributed by atoms with Crippen molar-refractivity contribution < 1.29 is 4.79 Å². The molecule has 8 heteroatoms. The minimum absolute atomic E-state index is 0.226. The van der Waals surface area contributed by atoms with Gasteiger partial charge in [-0.1, -0.05) is 0 Å². The van der Waals surface area contributed by atoms with Crippen LogP contribution in [0.4, 0.5) is 10.7 Å². The van der Waals surface area contributed by atoms with Gasteiger partial charge in [0.2, 0.25) is 0 Å². The van der Waals surface area contributed by atoms with Crippen LogP contribution >= 0.6 is 11.3 Å². The van der Waals surface area contributed by atoms with Crippen molar-refractivity contribution in [1.82, 2.24) is 14.9 Å². The Hall–Kier alpha value is -2.53. The Labute approximate surface area is 126 Å². The van der Waals surface area contributed by atoms with Gasteiger partial charge in [-0.05, 0) is 0 Å². The van der Waals surface area contributed by atoms with Crippen LogP contribution in [0.5, 0.6) is 0 Å². The lowest BCUT2D eigenvalue weighted by Gasteiger charge is -2.18. The van der Waals surface area contributed by atoms with E-state index in [1.165, 1.54) is 18.4 Å². The molecule has 2 aromatic rings. The number of carbonyl (C=O) groups is 1. The zero-order chi connectivity index (χ0) is 15.6. The van der Waals surface area contributed by atoms with E-state index in [1.807, 2.05) is 35.8 Å². The summed E-state index contributed by atoms with van der Waals surface area (Å²) in [7, 11) is 5.28. The molecule has 0 fully saturated rings. The molecule has 0 atom stereocenters. The van der Waals surface area contributed by atoms with E-state index < -0.39 is 0 Å². The third kappa shape index (κ3) is 2.68. The highest BCUT2D eigenvalue weighted by Gasteiger charge is 2.24. The lowest BCUT2D eigenvalue weighted by atomic mass is 10.2. The third-order valence-electron chi connectivity index (χ3n) is 3.13. The van der Waals surface area contributed by atoms with Crippen LogP contribution in [0.15, 0.2) is 12.4 Å². The SMILES string of the molecule is CNC(=O)c1c(N(C)Cc2nccn2C)sc(C#N)c1N. The predicted molar refractivity (Wildman–Crippen MR) is 82.2 cm³/mol. The topological polar surface area (TPSA) is 100.0 Å². The Balaban J connectivity index is 2.41. The summed E-state index contributed by atoms with van der Waals surface area (Å²) in [6, 6.07) is 2.03. The van der Waals surface area contributed by atoms with Crippen molar-refractivity contribution >= 4 is 27.9 Å². The standard InChI is InChI=1S/C13H16N6OS/c1-16-12(20)10-11(15)8(6-14)21-13(10)19(3)7-9-17-4-5-18(9)2/h4-5H,7,15H2,1-3H3,(H,16,20). The first-order chi connectivity index (χ1) is 9.99. The molecule has 3 N–H and O–H groups in total. The Morgan fingerprint density at radius 3 is 2.90 bits per heavy atom. The number of nitrogen functional groups attached to an aromatic ring is 1. The molecule has 0 aromatic carbocycles. The Morgan fingerprint density at radius 2 is 2.38 bits per heavy atom. The van der Waals surface area contributed by atoms with E-state index >= 15 is 0 Å². The van der Waals surface area contributed by atoms with Crippen LogP contribution in [0.2, 0.25) is 0 Å². The third-order valence-corrected chi connectivity index (χ3v) is 4.35. The second kappa shape index (κ2) is 5.85. The highest BCUT2D eigenvalue weighted by Crippen LogP contribution is 2.37. The molecule has 0 spiro atoms. The van der Waals surface area contributed by atoms with Gasteiger partial charge < -0.3 is 20.5 Å². The molecule has 110 valence electrons. The fourth-order valence-electron chi connectivity index (χ4n) is 1.96. The van der Waals surface area contributed by atoms with Crippen LogP contribution in [-0.4, -0.2) is 29.6 Å². The summed E-state index contributed by atoms with van der Waals surface area (Å²) < 4.78 is 1.90. The molecule has 2 rings (SSSR count). The quantitative estimate of drug-likeness (QED) is 0.875. The average molecular weight is 304 g/mol. The van der Waals surface area contributed by atoms with E-state index in [-0.39, 0.29) is 11.6 Å². The molecule has 0 saturated heterocycles. The van der Waals surface area contributed by atoms with Crippen molar-refractivity contribution in [3.8, 4) is 6.07 Å². The summed E-state index contributed by atoms with van der Waals surface area (Å²) in [5.74, 6) is 0.553. The predicted octanol–water partition coefficient (Wildman–Crippen LogP) is 0.931. The first-order valence-electron chi connectivity index (χ1n) is 6.21. The van der Waals surface area contributed by atoms with Crippen molar-refractivity contribution in [2.75, 3.05) is 24.7 Å². The van der Waals surface area contributed by atoms with Crippen LogP contribution in [0.25, 0.3) is 0 Å². The number of thiophene rings is 1. The number of nitrogens with two attached hydrogens (primary N) is 1. The summed E-state index contributed by atoms with van der Waals surface area (Å²) in [5, 5.41) is 12.3. The highest BCUT2D eigenvalue weighted by atomic mass is 32.1. The smallest absolute Gasteiger partial charge is 0.256 e. The zero-order valence-electron chi connectivity index (χ0n) is 12.0. The van der Waals surface area contributed by atoms with E-state index in [1.54, 1.807) is 6.20 Å². The fraction of sp³-hybridized carbons (Fsp3) is 0.308. The second-order valence-corrected chi connectivity index (χ2v) is 5.53. The molecular formula is C13H16N6OS. The monoisotopic (exact) mass is 304 g/mol. The van der Waals surface area contributed by atoms with E-state index in [0.29, 0.717) is 22.0 Å². The first-order valence-corrected chi connectivity index (χ1v) is 7.03. The highest BCUT2D eigenvalue weighted by molar-refractivity contribution is 7.17. The number of rotatable bonds is 4. The molecule has 0 aliphatic heterocycles. The molecule has 0 saturated carbocycles. The number of hydrogen-bond donors (Lipinski definition) is 2. The Morgan fingerprint density at radius 1 is 1.67 bits per heavy atom. The summed E-state index contributed by atoms with van der Waals surface area (Å²) in [6.45, 7) is 0.512. The number of nitrogens with one attached hydrogen (secondary N) is 1. The summed E-state index contributed by atoms with van der Waals surface area (Å²) in [4.78, 5) is 18.5. The summed E-state index contributed by atoms with van der Waals surface area (Å²) >= 11 is 1.21. The number of nitriles is 1. The van der Waals surface area contributed by atoms with Crippen molar-refractivity contribution in [1.29, 1.82) is 5.26 Å². The largest absolute Gasteiger partial charge is 0.396 e. The lowest BCUT2D eigenvalue weighted by molar-refractivity contribution is 0.0965. The van der Waals surface area contributed by atoms with Gasteiger partial charge >= 0.3 is 0 Å². The number of anilines is 2. The van der Waals surface area contributed by atoms with E-state index in [0.717, 1.165) is 5.82 Å². The van der Waals surface area contributed by atoms with Crippen molar-refractivity contribution in [3.05, 3.63) is 28.7 Å². The fourth-order valence-corrected chi connectivity index (χ4v) is 2.94. The van der Waals surface area contributed by atoms with Gasteiger partial charge in [-0.15, -0.1) is 11.3 Å². The maximum atomic E-state index is 12.0. The van der Waals surface area contributed by atoms with E-state index in [9.17, 15) is 4.79 Å².